The number of carbonyl (C=O) groups is 1. The van der Waals surface area contributed by atoms with Crippen LogP contribution in [0.25, 0.3) is 10.9 Å². The number of aromatic amines is 1. The molecule has 0 spiro atoms. The maximum Gasteiger partial charge on any atom is 0.255 e. The molecule has 10 heteroatoms. The SMILES string of the molecule is Cc1nc(N2CCN(CCO)CC2)nc(Nc2ccc(C(=O)Nc3c[nH]c4ccccc34)cc2)c1F. The number of fused-ring (bicyclic) bond motifs is 1. The summed E-state index contributed by atoms with van der Waals surface area (Å²) < 4.78 is 14.8. The number of carbonyl (C=O) groups excluding carboxylic acids is 1. The number of rotatable bonds is 7. The number of anilines is 4. The zero-order valence-electron chi connectivity index (χ0n) is 20.0. The second-order valence-corrected chi connectivity index (χ2v) is 8.73. The number of β-amino-alcohol motifs (C(OH)–C–C–N with tert-alkyl or cyclic N) is 1. The molecule has 0 bridgehead atoms. The molecule has 0 saturated carbocycles. The second-order valence-electron chi connectivity index (χ2n) is 8.73. The molecule has 4 N–H and O–H groups in total. The molecule has 1 aliphatic heterocycles. The van der Waals surface area contributed by atoms with Crippen LogP contribution in [0.1, 0.15) is 16.1 Å². The van der Waals surface area contributed by atoms with Gasteiger partial charge in [-0.25, -0.2) is 9.37 Å². The van der Waals surface area contributed by atoms with Gasteiger partial charge in [-0.1, -0.05) is 18.2 Å². The Morgan fingerprint density at radius 1 is 1.08 bits per heavy atom. The van der Waals surface area contributed by atoms with Gasteiger partial charge in [-0.3, -0.25) is 9.69 Å². The third kappa shape index (κ3) is 5.00. The minimum atomic E-state index is -0.515. The number of benzene rings is 2. The Labute approximate surface area is 208 Å². The average molecular weight is 490 g/mol. The van der Waals surface area contributed by atoms with E-state index in [0.29, 0.717) is 42.5 Å². The van der Waals surface area contributed by atoms with Crippen LogP contribution in [0.4, 0.5) is 27.5 Å². The number of aryl methyl sites for hydroxylation is 1. The van der Waals surface area contributed by atoms with Crippen LogP contribution in [0.15, 0.2) is 54.7 Å². The lowest BCUT2D eigenvalue weighted by atomic mass is 10.2. The number of para-hydroxylation sites is 1. The predicted octanol–water partition coefficient (Wildman–Crippen LogP) is 3.52. The number of aliphatic hydroxyl groups is 1. The number of hydrogen-bond acceptors (Lipinski definition) is 7. The van der Waals surface area contributed by atoms with Crippen molar-refractivity contribution in [1.82, 2.24) is 19.9 Å². The smallest absolute Gasteiger partial charge is 0.255 e. The van der Waals surface area contributed by atoms with E-state index in [-0.39, 0.29) is 24.0 Å². The van der Waals surface area contributed by atoms with Crippen molar-refractivity contribution in [2.24, 2.45) is 0 Å². The Kier molecular flexibility index (Phi) is 6.79. The van der Waals surface area contributed by atoms with Crippen molar-refractivity contribution >= 4 is 40.0 Å². The quantitative estimate of drug-likeness (QED) is 0.315. The van der Waals surface area contributed by atoms with Crippen LogP contribution < -0.4 is 15.5 Å². The Morgan fingerprint density at radius 2 is 1.83 bits per heavy atom. The van der Waals surface area contributed by atoms with Gasteiger partial charge in [0.05, 0.1) is 18.0 Å². The van der Waals surface area contributed by atoms with Crippen molar-refractivity contribution in [3.05, 3.63) is 71.8 Å². The van der Waals surface area contributed by atoms with Gasteiger partial charge < -0.3 is 25.6 Å². The topological polar surface area (TPSA) is 109 Å². The summed E-state index contributed by atoms with van der Waals surface area (Å²) in [5.74, 6) is -0.196. The van der Waals surface area contributed by atoms with E-state index in [2.05, 4.69) is 30.5 Å². The van der Waals surface area contributed by atoms with Crippen molar-refractivity contribution in [3.63, 3.8) is 0 Å². The van der Waals surface area contributed by atoms with E-state index in [1.807, 2.05) is 29.2 Å². The molecule has 0 aliphatic carbocycles. The second kappa shape index (κ2) is 10.3. The van der Waals surface area contributed by atoms with Gasteiger partial charge in [0.15, 0.2) is 11.6 Å². The lowest BCUT2D eigenvalue weighted by molar-refractivity contribution is 0.102. The molecule has 186 valence electrons. The summed E-state index contributed by atoms with van der Waals surface area (Å²) in [5, 5.41) is 16.0. The third-order valence-corrected chi connectivity index (χ3v) is 6.32. The average Bonchev–Trinajstić information content (AvgIpc) is 3.30. The van der Waals surface area contributed by atoms with Gasteiger partial charge in [0.1, 0.15) is 0 Å². The summed E-state index contributed by atoms with van der Waals surface area (Å²) in [6, 6.07) is 14.5. The van der Waals surface area contributed by atoms with Crippen molar-refractivity contribution in [2.75, 3.05) is 54.9 Å². The molecule has 0 atom stereocenters. The first-order chi connectivity index (χ1) is 17.5. The van der Waals surface area contributed by atoms with Gasteiger partial charge in [-0.2, -0.15) is 4.98 Å². The summed E-state index contributed by atoms with van der Waals surface area (Å²) >= 11 is 0. The molecule has 1 saturated heterocycles. The highest BCUT2D eigenvalue weighted by atomic mass is 19.1. The number of H-pyrrole nitrogens is 1. The van der Waals surface area contributed by atoms with E-state index in [4.69, 9.17) is 5.11 Å². The fourth-order valence-corrected chi connectivity index (χ4v) is 4.29. The Hall–Kier alpha value is -4.02. The minimum absolute atomic E-state index is 0.0891. The number of halogens is 1. The molecule has 1 amide bonds. The molecule has 36 heavy (non-hydrogen) atoms. The number of aromatic nitrogens is 3. The third-order valence-electron chi connectivity index (χ3n) is 6.32. The molecular weight excluding hydrogens is 461 g/mol. The molecule has 2 aromatic carbocycles. The Bertz CT molecular complexity index is 1360. The molecule has 0 radical (unpaired) electrons. The highest BCUT2D eigenvalue weighted by Gasteiger charge is 2.21. The first-order valence-electron chi connectivity index (χ1n) is 11.9. The largest absolute Gasteiger partial charge is 0.395 e. The van der Waals surface area contributed by atoms with E-state index in [9.17, 15) is 9.18 Å². The number of nitrogens with one attached hydrogen (secondary N) is 3. The van der Waals surface area contributed by atoms with Crippen LogP contribution in [-0.2, 0) is 0 Å². The fourth-order valence-electron chi connectivity index (χ4n) is 4.29. The lowest BCUT2D eigenvalue weighted by Gasteiger charge is -2.34. The zero-order chi connectivity index (χ0) is 25.1. The maximum absolute atomic E-state index is 14.8. The summed E-state index contributed by atoms with van der Waals surface area (Å²) in [4.78, 5) is 28.9. The summed E-state index contributed by atoms with van der Waals surface area (Å²) in [6.07, 6.45) is 1.77. The summed E-state index contributed by atoms with van der Waals surface area (Å²) in [5.41, 5.74) is 3.00. The van der Waals surface area contributed by atoms with Crippen LogP contribution >= 0.6 is 0 Å². The molecule has 1 fully saturated rings. The Balaban J connectivity index is 1.27. The zero-order valence-corrected chi connectivity index (χ0v) is 20.0. The molecule has 1 aliphatic rings. The van der Waals surface area contributed by atoms with E-state index in [0.717, 1.165) is 24.0 Å². The molecule has 2 aromatic heterocycles. The molecule has 4 aromatic rings. The van der Waals surface area contributed by atoms with Gasteiger partial charge in [-0.15, -0.1) is 0 Å². The maximum atomic E-state index is 14.8. The molecule has 0 unspecified atom stereocenters. The van der Waals surface area contributed by atoms with E-state index < -0.39 is 5.82 Å². The number of nitrogens with zero attached hydrogens (tertiary/aromatic N) is 4. The van der Waals surface area contributed by atoms with Crippen molar-refractivity contribution in [3.8, 4) is 0 Å². The summed E-state index contributed by atoms with van der Waals surface area (Å²) in [7, 11) is 0. The fraction of sp³-hybridized carbons (Fsp3) is 0.269. The number of amides is 1. The van der Waals surface area contributed by atoms with Crippen LogP contribution in [0.2, 0.25) is 0 Å². The van der Waals surface area contributed by atoms with E-state index >= 15 is 0 Å². The van der Waals surface area contributed by atoms with Gasteiger partial charge in [-0.05, 0) is 37.3 Å². The molecular formula is C26H28FN7O2. The van der Waals surface area contributed by atoms with Crippen LogP contribution in [0, 0.1) is 12.7 Å². The van der Waals surface area contributed by atoms with E-state index in [1.165, 1.54) is 0 Å². The number of piperazine rings is 1. The van der Waals surface area contributed by atoms with Crippen molar-refractivity contribution < 1.29 is 14.3 Å². The van der Waals surface area contributed by atoms with Gasteiger partial charge in [0, 0.05) is 61.1 Å². The molecule has 5 rings (SSSR count). The molecule has 3 heterocycles. The van der Waals surface area contributed by atoms with Gasteiger partial charge >= 0.3 is 0 Å². The standard InChI is InChI=1S/C26H28FN7O2/c1-17-23(27)24(32-26(29-17)34-12-10-33(11-13-34)14-15-35)30-19-8-6-18(7-9-19)25(36)31-22-16-28-21-5-3-2-4-20(21)22/h2-9,16,28,35H,10-15H2,1H3,(H,31,36)(H,29,30,32). The summed E-state index contributed by atoms with van der Waals surface area (Å²) in [6.45, 7) is 5.35. The highest BCUT2D eigenvalue weighted by molar-refractivity contribution is 6.09. The first-order valence-corrected chi connectivity index (χ1v) is 11.9. The number of hydrogen-bond donors (Lipinski definition) is 4. The Morgan fingerprint density at radius 3 is 2.58 bits per heavy atom. The van der Waals surface area contributed by atoms with Gasteiger partial charge in [0.2, 0.25) is 5.95 Å². The first kappa shape index (κ1) is 23.7. The van der Waals surface area contributed by atoms with Crippen LogP contribution in [0.3, 0.4) is 0 Å². The van der Waals surface area contributed by atoms with Crippen LogP contribution in [0.5, 0.6) is 0 Å². The predicted molar refractivity (Wildman–Crippen MR) is 138 cm³/mol. The number of aliphatic hydroxyl groups excluding tert-OH is 1. The normalized spacial score (nSPS) is 14.2. The van der Waals surface area contributed by atoms with Gasteiger partial charge in [0.25, 0.3) is 5.91 Å². The lowest BCUT2D eigenvalue weighted by Crippen LogP contribution is -2.47. The minimum Gasteiger partial charge on any atom is -0.395 e. The van der Waals surface area contributed by atoms with Crippen molar-refractivity contribution in [1.29, 1.82) is 0 Å². The van der Waals surface area contributed by atoms with E-state index in [1.54, 1.807) is 37.4 Å². The van der Waals surface area contributed by atoms with Crippen molar-refractivity contribution in [2.45, 2.75) is 6.92 Å². The van der Waals surface area contributed by atoms with Crippen LogP contribution in [-0.4, -0.2) is 70.2 Å². The monoisotopic (exact) mass is 489 g/mol. The highest BCUT2D eigenvalue weighted by Crippen LogP contribution is 2.25. The molecule has 9 nitrogen and oxygen atoms in total.